The van der Waals surface area contributed by atoms with Crippen LogP contribution in [0.15, 0.2) is 60.6 Å². The summed E-state index contributed by atoms with van der Waals surface area (Å²) in [4.78, 5) is 31.0. The molecule has 0 atom stereocenters. The van der Waals surface area contributed by atoms with E-state index in [0.717, 1.165) is 50.3 Å². The van der Waals surface area contributed by atoms with E-state index in [2.05, 4.69) is 47.1 Å². The molecule has 7 nitrogen and oxygen atoms in total. The smallest absolute Gasteiger partial charge is 0.303 e. The second-order valence-electron chi connectivity index (χ2n) is 9.73. The van der Waals surface area contributed by atoms with Gasteiger partial charge < -0.3 is 10.2 Å². The molecule has 0 amide bonds. The Morgan fingerprint density at radius 3 is 2.34 bits per heavy atom. The second-order valence-corrected chi connectivity index (χ2v) is 10.2. The van der Waals surface area contributed by atoms with Gasteiger partial charge >= 0.3 is 11.9 Å². The van der Waals surface area contributed by atoms with Gasteiger partial charge in [-0.3, -0.25) is 24.5 Å². The van der Waals surface area contributed by atoms with E-state index in [4.69, 9.17) is 26.8 Å². The number of rotatable bonds is 5. The molecule has 2 N–H and O–H groups in total. The van der Waals surface area contributed by atoms with Crippen molar-refractivity contribution in [3.63, 3.8) is 0 Å². The number of carboxylic acid groups (broad SMARTS) is 2. The van der Waals surface area contributed by atoms with Crippen molar-refractivity contribution in [2.45, 2.75) is 52.0 Å². The Hall–Kier alpha value is -3.55. The Morgan fingerprint density at radius 2 is 1.66 bits per heavy atom. The Balaban J connectivity index is 0.000000368. The van der Waals surface area contributed by atoms with Crippen LogP contribution in [0.3, 0.4) is 0 Å². The van der Waals surface area contributed by atoms with Crippen molar-refractivity contribution in [3.8, 4) is 0 Å². The fourth-order valence-corrected chi connectivity index (χ4v) is 5.24. The third-order valence-electron chi connectivity index (χ3n) is 6.83. The van der Waals surface area contributed by atoms with Gasteiger partial charge in [0.05, 0.1) is 18.5 Å². The summed E-state index contributed by atoms with van der Waals surface area (Å²) in [7, 11) is 0. The average molecular weight is 534 g/mol. The SMILES string of the molecule is Cc1cncc(CN2CCC(=C3c4ccc(Cl)cc4CCc4cccnc43)CC2)c1.O=C(O)CCC(=O)O. The molecule has 2 aliphatic rings. The minimum Gasteiger partial charge on any atom is -0.481 e. The van der Waals surface area contributed by atoms with Crippen LogP contribution in [-0.4, -0.2) is 50.1 Å². The number of halogens is 1. The summed E-state index contributed by atoms with van der Waals surface area (Å²) in [5.74, 6) is -2.15. The zero-order valence-electron chi connectivity index (χ0n) is 21.5. The average Bonchev–Trinajstić information content (AvgIpc) is 3.05. The first-order chi connectivity index (χ1) is 18.3. The molecule has 1 aliphatic carbocycles. The molecule has 5 rings (SSSR count). The highest BCUT2D eigenvalue weighted by molar-refractivity contribution is 6.30. The standard InChI is InChI=1S/C26H26ClN3.C4H6O4/c1-18-13-19(16-28-15-18)17-30-11-8-20(9-12-30)25-24-7-6-23(27)14-22(24)5-4-21-3-2-10-29-26(21)25;5-3(6)1-2-4(7)8/h2-3,6-7,10,13-16H,4-5,8-9,11-12,17H2,1H3;1-2H2,(H,5,6)(H,7,8). The van der Waals surface area contributed by atoms with Crippen LogP contribution in [0.25, 0.3) is 5.57 Å². The zero-order chi connectivity index (χ0) is 27.1. The summed E-state index contributed by atoms with van der Waals surface area (Å²) >= 11 is 6.34. The van der Waals surface area contributed by atoms with Gasteiger partial charge in [0.2, 0.25) is 0 Å². The van der Waals surface area contributed by atoms with Crippen molar-refractivity contribution in [2.75, 3.05) is 13.1 Å². The summed E-state index contributed by atoms with van der Waals surface area (Å²) in [5, 5.41) is 16.6. The number of likely N-dealkylation sites (tertiary alicyclic amines) is 1. The number of hydrogen-bond acceptors (Lipinski definition) is 5. The predicted octanol–water partition coefficient (Wildman–Crippen LogP) is 5.57. The maximum Gasteiger partial charge on any atom is 0.303 e. The van der Waals surface area contributed by atoms with Gasteiger partial charge in [0.25, 0.3) is 0 Å². The first-order valence-electron chi connectivity index (χ1n) is 12.8. The molecule has 1 saturated heterocycles. The molecule has 0 bridgehead atoms. The fraction of sp³-hybridized carbons (Fsp3) is 0.333. The number of carbonyl (C=O) groups is 2. The lowest BCUT2D eigenvalue weighted by molar-refractivity contribution is -0.143. The molecule has 1 fully saturated rings. The van der Waals surface area contributed by atoms with Crippen molar-refractivity contribution < 1.29 is 19.8 Å². The van der Waals surface area contributed by atoms with Crippen LogP contribution in [0, 0.1) is 6.92 Å². The van der Waals surface area contributed by atoms with Crippen LogP contribution in [0.5, 0.6) is 0 Å². The monoisotopic (exact) mass is 533 g/mol. The van der Waals surface area contributed by atoms with Crippen molar-refractivity contribution in [3.05, 3.63) is 99.1 Å². The highest BCUT2D eigenvalue weighted by Crippen LogP contribution is 2.38. The van der Waals surface area contributed by atoms with Crippen molar-refractivity contribution in [2.24, 2.45) is 0 Å². The molecule has 198 valence electrons. The lowest BCUT2D eigenvalue weighted by Gasteiger charge is -2.30. The number of nitrogens with zero attached hydrogens (tertiary/aromatic N) is 3. The van der Waals surface area contributed by atoms with E-state index >= 15 is 0 Å². The lowest BCUT2D eigenvalue weighted by Crippen LogP contribution is -2.30. The molecule has 0 saturated carbocycles. The normalized spacial score (nSPS) is 15.0. The predicted molar refractivity (Wildman–Crippen MR) is 147 cm³/mol. The highest BCUT2D eigenvalue weighted by Gasteiger charge is 2.25. The molecular weight excluding hydrogens is 502 g/mol. The first kappa shape index (κ1) is 27.5. The molecule has 0 spiro atoms. The number of fused-ring (bicyclic) bond motifs is 2. The van der Waals surface area contributed by atoms with Gasteiger partial charge in [0.1, 0.15) is 0 Å². The number of aryl methyl sites for hydroxylation is 3. The first-order valence-corrected chi connectivity index (χ1v) is 13.2. The van der Waals surface area contributed by atoms with Crippen LogP contribution >= 0.6 is 11.6 Å². The number of hydrogen-bond donors (Lipinski definition) is 2. The summed E-state index contributed by atoms with van der Waals surface area (Å²) < 4.78 is 0. The number of piperidine rings is 1. The number of pyridine rings is 2. The lowest BCUT2D eigenvalue weighted by atomic mass is 9.88. The number of aromatic nitrogens is 2. The summed E-state index contributed by atoms with van der Waals surface area (Å²) in [6.07, 6.45) is 9.43. The maximum atomic E-state index is 9.64. The van der Waals surface area contributed by atoms with Gasteiger partial charge in [-0.1, -0.05) is 35.4 Å². The Labute approximate surface area is 227 Å². The molecule has 0 radical (unpaired) electrons. The van der Waals surface area contributed by atoms with Crippen LogP contribution in [-0.2, 0) is 29.0 Å². The zero-order valence-corrected chi connectivity index (χ0v) is 22.2. The van der Waals surface area contributed by atoms with Gasteiger partial charge in [-0.25, -0.2) is 0 Å². The number of carboxylic acids is 2. The molecule has 1 aliphatic heterocycles. The molecule has 38 heavy (non-hydrogen) atoms. The third-order valence-corrected chi connectivity index (χ3v) is 7.07. The van der Waals surface area contributed by atoms with Gasteiger partial charge in [-0.15, -0.1) is 0 Å². The quantitative estimate of drug-likeness (QED) is 0.441. The number of benzene rings is 1. The molecule has 1 aromatic carbocycles. The molecule has 3 heterocycles. The highest BCUT2D eigenvalue weighted by atomic mass is 35.5. The maximum absolute atomic E-state index is 9.64. The molecule has 3 aromatic rings. The minimum atomic E-state index is -1.08. The van der Waals surface area contributed by atoms with Crippen molar-refractivity contribution >= 4 is 29.1 Å². The molecule has 8 heteroatoms. The summed E-state index contributed by atoms with van der Waals surface area (Å²) in [6.45, 7) is 5.21. The summed E-state index contributed by atoms with van der Waals surface area (Å²) in [6, 6.07) is 12.9. The van der Waals surface area contributed by atoms with Gasteiger partial charge in [0, 0.05) is 48.8 Å². The van der Waals surface area contributed by atoms with Crippen molar-refractivity contribution in [1.82, 2.24) is 14.9 Å². The fourth-order valence-electron chi connectivity index (χ4n) is 5.04. The molecule has 0 unspecified atom stereocenters. The summed E-state index contributed by atoms with van der Waals surface area (Å²) in [5.41, 5.74) is 10.6. The second kappa shape index (κ2) is 12.8. The number of aliphatic carboxylic acids is 2. The topological polar surface area (TPSA) is 104 Å². The van der Waals surface area contributed by atoms with Gasteiger partial charge in [-0.05, 0) is 78.6 Å². The van der Waals surface area contributed by atoms with Crippen LogP contribution < -0.4 is 0 Å². The van der Waals surface area contributed by atoms with Crippen LogP contribution in [0.4, 0.5) is 0 Å². The Kier molecular flexibility index (Phi) is 9.26. The van der Waals surface area contributed by atoms with Crippen molar-refractivity contribution in [1.29, 1.82) is 0 Å². The van der Waals surface area contributed by atoms with E-state index in [-0.39, 0.29) is 12.8 Å². The van der Waals surface area contributed by atoms with Crippen LogP contribution in [0.1, 0.15) is 59.2 Å². The van der Waals surface area contributed by atoms with E-state index in [1.54, 1.807) is 0 Å². The van der Waals surface area contributed by atoms with E-state index in [0.29, 0.717) is 0 Å². The van der Waals surface area contributed by atoms with Gasteiger partial charge in [0.15, 0.2) is 0 Å². The van der Waals surface area contributed by atoms with E-state index in [9.17, 15) is 9.59 Å². The van der Waals surface area contributed by atoms with E-state index in [1.807, 2.05) is 24.7 Å². The van der Waals surface area contributed by atoms with E-state index in [1.165, 1.54) is 44.7 Å². The molecular formula is C30H32ClN3O4. The van der Waals surface area contributed by atoms with Gasteiger partial charge in [-0.2, -0.15) is 0 Å². The van der Waals surface area contributed by atoms with Crippen LogP contribution in [0.2, 0.25) is 5.02 Å². The largest absolute Gasteiger partial charge is 0.481 e. The third kappa shape index (κ3) is 7.27. The Morgan fingerprint density at radius 1 is 0.947 bits per heavy atom. The Bertz CT molecular complexity index is 1330. The molecule has 2 aromatic heterocycles. The van der Waals surface area contributed by atoms with E-state index < -0.39 is 11.9 Å². The minimum absolute atomic E-state index is 0.296.